The zero-order valence-corrected chi connectivity index (χ0v) is 9.02. The maximum atomic E-state index is 9.21. The summed E-state index contributed by atoms with van der Waals surface area (Å²) < 4.78 is 5.37. The Bertz CT molecular complexity index is 286. The molecular formula is C12H18O3. The second-order valence-corrected chi connectivity index (χ2v) is 3.46. The highest BCUT2D eigenvalue weighted by molar-refractivity contribution is 5.28. The molecule has 0 fully saturated rings. The fraction of sp³-hybridized carbons (Fsp3) is 0.500. The summed E-state index contributed by atoms with van der Waals surface area (Å²) >= 11 is 0. The van der Waals surface area contributed by atoms with Crippen molar-refractivity contribution >= 4 is 0 Å². The molecule has 0 saturated heterocycles. The maximum absolute atomic E-state index is 9.21. The molecule has 1 atom stereocenters. The van der Waals surface area contributed by atoms with Crippen molar-refractivity contribution in [1.82, 2.24) is 0 Å². The van der Waals surface area contributed by atoms with Crippen LogP contribution in [0.25, 0.3) is 0 Å². The van der Waals surface area contributed by atoms with Crippen molar-refractivity contribution in [3.63, 3.8) is 0 Å². The van der Waals surface area contributed by atoms with Gasteiger partial charge in [-0.3, -0.25) is 0 Å². The molecule has 0 saturated carbocycles. The van der Waals surface area contributed by atoms with Crippen LogP contribution in [0.5, 0.6) is 5.75 Å². The van der Waals surface area contributed by atoms with E-state index in [1.54, 1.807) is 0 Å². The minimum atomic E-state index is -0.624. The van der Waals surface area contributed by atoms with Crippen molar-refractivity contribution in [3.8, 4) is 5.75 Å². The van der Waals surface area contributed by atoms with E-state index in [2.05, 4.69) is 0 Å². The average Bonchev–Trinajstić information content (AvgIpc) is 2.27. The third-order valence-corrected chi connectivity index (χ3v) is 2.19. The van der Waals surface area contributed by atoms with Crippen LogP contribution in [0.3, 0.4) is 0 Å². The zero-order valence-electron chi connectivity index (χ0n) is 9.02. The molecule has 0 aliphatic heterocycles. The molecule has 3 nitrogen and oxygen atoms in total. The summed E-state index contributed by atoms with van der Waals surface area (Å²) in [4.78, 5) is 0. The Balaban J connectivity index is 2.50. The lowest BCUT2D eigenvalue weighted by atomic mass is 10.1. The predicted octanol–water partition coefficient (Wildman–Crippen LogP) is 1.37. The molecule has 0 aliphatic carbocycles. The Morgan fingerprint density at radius 1 is 1.40 bits per heavy atom. The van der Waals surface area contributed by atoms with E-state index in [-0.39, 0.29) is 6.61 Å². The van der Waals surface area contributed by atoms with E-state index in [0.717, 1.165) is 17.7 Å². The van der Waals surface area contributed by atoms with Gasteiger partial charge in [-0.2, -0.15) is 0 Å². The smallest absolute Gasteiger partial charge is 0.119 e. The lowest BCUT2D eigenvalue weighted by molar-refractivity contribution is 0.0885. The van der Waals surface area contributed by atoms with Gasteiger partial charge in [-0.05, 0) is 37.5 Å². The second kappa shape index (κ2) is 6.43. The highest BCUT2D eigenvalue weighted by Gasteiger charge is 2.03. The van der Waals surface area contributed by atoms with Crippen molar-refractivity contribution in [3.05, 3.63) is 29.8 Å². The number of aryl methyl sites for hydroxylation is 1. The Labute approximate surface area is 90.3 Å². The van der Waals surface area contributed by atoms with Crippen LogP contribution < -0.4 is 4.74 Å². The Hall–Kier alpha value is -1.06. The summed E-state index contributed by atoms with van der Waals surface area (Å²) in [6.07, 6.45) is 0.704. The van der Waals surface area contributed by atoms with E-state index in [4.69, 9.17) is 9.84 Å². The molecule has 0 amide bonds. The quantitative estimate of drug-likeness (QED) is 0.745. The Morgan fingerprint density at radius 3 is 2.87 bits per heavy atom. The third-order valence-electron chi connectivity index (χ3n) is 2.19. The molecule has 0 aromatic heterocycles. The van der Waals surface area contributed by atoms with E-state index in [1.165, 1.54) is 0 Å². The molecule has 15 heavy (non-hydrogen) atoms. The molecule has 1 aromatic carbocycles. The molecule has 0 spiro atoms. The van der Waals surface area contributed by atoms with Crippen LogP contribution in [0.2, 0.25) is 0 Å². The summed E-state index contributed by atoms with van der Waals surface area (Å²) in [5.74, 6) is 0.855. The summed E-state index contributed by atoms with van der Waals surface area (Å²) in [7, 11) is 0. The monoisotopic (exact) mass is 210 g/mol. The van der Waals surface area contributed by atoms with E-state index in [1.807, 2.05) is 31.2 Å². The molecule has 3 heteroatoms. The molecular weight excluding hydrogens is 192 g/mol. The Kier molecular flexibility index (Phi) is 5.15. The van der Waals surface area contributed by atoms with Crippen LogP contribution in [0, 0.1) is 0 Å². The summed E-state index contributed by atoms with van der Waals surface area (Å²) in [6, 6.07) is 7.81. The van der Waals surface area contributed by atoms with E-state index >= 15 is 0 Å². The predicted molar refractivity (Wildman–Crippen MR) is 59.0 cm³/mol. The lowest BCUT2D eigenvalue weighted by Gasteiger charge is -2.08. The van der Waals surface area contributed by atoms with Crippen molar-refractivity contribution in [2.75, 3.05) is 13.2 Å². The summed E-state index contributed by atoms with van der Waals surface area (Å²) in [5, 5.41) is 17.9. The van der Waals surface area contributed by atoms with Crippen molar-refractivity contribution in [2.24, 2.45) is 0 Å². The molecule has 0 bridgehead atoms. The van der Waals surface area contributed by atoms with Gasteiger partial charge in [0.05, 0.1) is 19.3 Å². The molecule has 2 N–H and O–H groups in total. The average molecular weight is 210 g/mol. The minimum absolute atomic E-state index is 0.175. The van der Waals surface area contributed by atoms with Gasteiger partial charge in [0.1, 0.15) is 5.75 Å². The number of hydrogen-bond acceptors (Lipinski definition) is 3. The fourth-order valence-electron chi connectivity index (χ4n) is 1.38. The second-order valence-electron chi connectivity index (χ2n) is 3.46. The third kappa shape index (κ3) is 4.32. The SMILES string of the molecule is CCOc1cccc(CCC(O)CO)c1. The molecule has 0 heterocycles. The number of aliphatic hydroxyl groups excluding tert-OH is 2. The minimum Gasteiger partial charge on any atom is -0.494 e. The van der Waals surface area contributed by atoms with Gasteiger partial charge in [-0.1, -0.05) is 12.1 Å². The first kappa shape index (κ1) is 12.0. The van der Waals surface area contributed by atoms with Crippen molar-refractivity contribution < 1.29 is 14.9 Å². The van der Waals surface area contributed by atoms with Crippen molar-refractivity contribution in [1.29, 1.82) is 0 Å². The van der Waals surface area contributed by atoms with E-state index in [9.17, 15) is 5.11 Å². The van der Waals surface area contributed by atoms with Gasteiger partial charge < -0.3 is 14.9 Å². The molecule has 0 aliphatic rings. The normalized spacial score (nSPS) is 12.5. The van der Waals surface area contributed by atoms with Gasteiger partial charge in [0.25, 0.3) is 0 Å². The molecule has 84 valence electrons. The highest BCUT2D eigenvalue weighted by atomic mass is 16.5. The Morgan fingerprint density at radius 2 is 2.20 bits per heavy atom. The molecule has 1 aromatic rings. The number of rotatable bonds is 6. The number of hydrogen-bond donors (Lipinski definition) is 2. The van der Waals surface area contributed by atoms with Crippen LogP contribution in [0.1, 0.15) is 18.9 Å². The summed E-state index contributed by atoms with van der Waals surface area (Å²) in [5.41, 5.74) is 1.12. The highest BCUT2D eigenvalue weighted by Crippen LogP contribution is 2.15. The van der Waals surface area contributed by atoms with Gasteiger partial charge >= 0.3 is 0 Å². The van der Waals surface area contributed by atoms with Crippen LogP contribution >= 0.6 is 0 Å². The standard InChI is InChI=1S/C12H18O3/c1-2-15-12-5-3-4-10(8-12)6-7-11(14)9-13/h3-5,8,11,13-14H,2,6-7,9H2,1H3. The van der Waals surface area contributed by atoms with Crippen LogP contribution in [-0.2, 0) is 6.42 Å². The largest absolute Gasteiger partial charge is 0.494 e. The van der Waals surface area contributed by atoms with E-state index < -0.39 is 6.10 Å². The number of ether oxygens (including phenoxy) is 1. The van der Waals surface area contributed by atoms with Crippen LogP contribution in [0.15, 0.2) is 24.3 Å². The first-order chi connectivity index (χ1) is 7.26. The molecule has 1 rings (SSSR count). The van der Waals surface area contributed by atoms with Gasteiger partial charge in [0.2, 0.25) is 0 Å². The van der Waals surface area contributed by atoms with Gasteiger partial charge in [0, 0.05) is 0 Å². The van der Waals surface area contributed by atoms with Gasteiger partial charge in [0.15, 0.2) is 0 Å². The topological polar surface area (TPSA) is 49.7 Å². The van der Waals surface area contributed by atoms with Gasteiger partial charge in [-0.15, -0.1) is 0 Å². The molecule has 1 unspecified atom stereocenters. The van der Waals surface area contributed by atoms with Gasteiger partial charge in [-0.25, -0.2) is 0 Å². The number of aliphatic hydroxyl groups is 2. The number of benzene rings is 1. The van der Waals surface area contributed by atoms with Crippen LogP contribution in [0.4, 0.5) is 0 Å². The fourth-order valence-corrected chi connectivity index (χ4v) is 1.38. The first-order valence-corrected chi connectivity index (χ1v) is 5.27. The zero-order chi connectivity index (χ0) is 11.1. The maximum Gasteiger partial charge on any atom is 0.119 e. The van der Waals surface area contributed by atoms with E-state index in [0.29, 0.717) is 13.0 Å². The molecule has 0 radical (unpaired) electrons. The lowest BCUT2D eigenvalue weighted by Crippen LogP contribution is -2.12. The van der Waals surface area contributed by atoms with Crippen molar-refractivity contribution in [2.45, 2.75) is 25.9 Å². The summed E-state index contributed by atoms with van der Waals surface area (Å²) in [6.45, 7) is 2.43. The first-order valence-electron chi connectivity index (χ1n) is 5.27. The van der Waals surface area contributed by atoms with Crippen LogP contribution in [-0.4, -0.2) is 29.5 Å².